The van der Waals surface area contributed by atoms with Crippen LogP contribution in [-0.2, 0) is 20.9 Å². The van der Waals surface area contributed by atoms with Gasteiger partial charge in [0.25, 0.3) is 0 Å². The van der Waals surface area contributed by atoms with Crippen molar-refractivity contribution in [2.45, 2.75) is 24.4 Å². The number of benzene rings is 1. The maximum atomic E-state index is 11.6. The smallest absolute Gasteiger partial charge is 0.326 e. The zero-order valence-electron chi connectivity index (χ0n) is 11.6. The summed E-state index contributed by atoms with van der Waals surface area (Å²) in [4.78, 5) is 22.7. The van der Waals surface area contributed by atoms with Crippen molar-refractivity contribution >= 4 is 11.9 Å². The second-order valence-electron chi connectivity index (χ2n) is 5.91. The van der Waals surface area contributed by atoms with E-state index in [2.05, 4.69) is 0 Å². The second-order valence-corrected chi connectivity index (χ2v) is 5.91. The minimum absolute atomic E-state index is 0.103. The van der Waals surface area contributed by atoms with Gasteiger partial charge in [-0.1, -0.05) is 30.3 Å². The third kappa shape index (κ3) is 2.01. The number of aliphatic hydroxyl groups excluding tert-OH is 1. The van der Waals surface area contributed by atoms with E-state index >= 15 is 0 Å². The highest BCUT2D eigenvalue weighted by Crippen LogP contribution is 2.62. The highest BCUT2D eigenvalue weighted by atomic mass is 16.5. The van der Waals surface area contributed by atoms with Crippen LogP contribution < -0.4 is 5.73 Å². The fourth-order valence-electron chi connectivity index (χ4n) is 3.63. The standard InChI is InChI=1S/C15H17NO6/c16-15(14(20)21)10-8(9(10)13(18)19)11(17)12(15)22-6-7-4-2-1-3-5-7/h1-5,8-12,17H,6,16H2,(H,18,19)(H,20,21)/t8-,9-,10-,11+,12+,15+/m0/s1. The van der Waals surface area contributed by atoms with Crippen LogP contribution in [0.1, 0.15) is 5.56 Å². The summed E-state index contributed by atoms with van der Waals surface area (Å²) in [5.74, 6) is -4.88. The fourth-order valence-corrected chi connectivity index (χ4v) is 3.63. The Morgan fingerprint density at radius 2 is 1.86 bits per heavy atom. The van der Waals surface area contributed by atoms with Crippen molar-refractivity contribution in [2.75, 3.05) is 0 Å². The van der Waals surface area contributed by atoms with E-state index in [9.17, 15) is 19.8 Å². The molecule has 2 aliphatic carbocycles. The number of aliphatic carboxylic acids is 2. The van der Waals surface area contributed by atoms with Crippen LogP contribution in [0.5, 0.6) is 0 Å². The summed E-state index contributed by atoms with van der Waals surface area (Å²) in [6.45, 7) is 0.103. The average molecular weight is 307 g/mol. The van der Waals surface area contributed by atoms with Crippen molar-refractivity contribution in [2.24, 2.45) is 23.5 Å². The lowest BCUT2D eigenvalue weighted by atomic mass is 9.88. The van der Waals surface area contributed by atoms with E-state index in [4.69, 9.17) is 15.6 Å². The predicted octanol–water partition coefficient (Wildman–Crippen LogP) is -0.325. The van der Waals surface area contributed by atoms with Gasteiger partial charge in [0.2, 0.25) is 0 Å². The van der Waals surface area contributed by atoms with Crippen LogP contribution in [0.2, 0.25) is 0 Å². The molecule has 7 heteroatoms. The topological polar surface area (TPSA) is 130 Å². The van der Waals surface area contributed by atoms with Crippen LogP contribution in [0.4, 0.5) is 0 Å². The highest BCUT2D eigenvalue weighted by Gasteiger charge is 2.78. The van der Waals surface area contributed by atoms with Crippen LogP contribution in [0, 0.1) is 17.8 Å². The molecule has 0 saturated heterocycles. The summed E-state index contributed by atoms with van der Waals surface area (Å²) >= 11 is 0. The first-order valence-electron chi connectivity index (χ1n) is 6.97. The molecule has 1 aromatic rings. The van der Waals surface area contributed by atoms with Crippen LogP contribution in [-0.4, -0.2) is 45.0 Å². The Labute approximate surface area is 126 Å². The van der Waals surface area contributed by atoms with Crippen LogP contribution in [0.15, 0.2) is 30.3 Å². The van der Waals surface area contributed by atoms with Gasteiger partial charge < -0.3 is 25.8 Å². The SMILES string of the molecule is N[C@]1(C(=O)O)[C@@H]2[C@@H](C(=O)O)[C@@H]2[C@@H](O)[C@H]1OCc1ccccc1. The fraction of sp³-hybridized carbons (Fsp3) is 0.467. The lowest BCUT2D eigenvalue weighted by Crippen LogP contribution is -2.61. The molecular formula is C15H17NO6. The summed E-state index contributed by atoms with van der Waals surface area (Å²) in [6, 6.07) is 9.08. The van der Waals surface area contributed by atoms with E-state index in [1.165, 1.54) is 0 Å². The number of carbonyl (C=O) groups is 2. The van der Waals surface area contributed by atoms with Gasteiger partial charge in [0.15, 0.2) is 0 Å². The second kappa shape index (κ2) is 5.05. The van der Waals surface area contributed by atoms with Gasteiger partial charge in [-0.15, -0.1) is 0 Å². The zero-order chi connectivity index (χ0) is 16.1. The average Bonchev–Trinajstić information content (AvgIpc) is 3.19. The Morgan fingerprint density at radius 1 is 1.23 bits per heavy atom. The van der Waals surface area contributed by atoms with Gasteiger partial charge in [-0.2, -0.15) is 0 Å². The first-order chi connectivity index (χ1) is 10.4. The molecule has 0 bridgehead atoms. The molecule has 2 saturated carbocycles. The predicted molar refractivity (Wildman–Crippen MR) is 73.7 cm³/mol. The van der Waals surface area contributed by atoms with Gasteiger partial charge in [-0.3, -0.25) is 9.59 Å². The van der Waals surface area contributed by atoms with Gasteiger partial charge in [-0.05, 0) is 5.56 Å². The Bertz CT molecular complexity index is 605. The van der Waals surface area contributed by atoms with E-state index in [0.717, 1.165) is 5.56 Å². The lowest BCUT2D eigenvalue weighted by molar-refractivity contribution is -0.157. The molecule has 22 heavy (non-hydrogen) atoms. The molecule has 2 fully saturated rings. The van der Waals surface area contributed by atoms with E-state index in [1.807, 2.05) is 18.2 Å². The van der Waals surface area contributed by atoms with Crippen molar-refractivity contribution in [1.82, 2.24) is 0 Å². The number of hydrogen-bond donors (Lipinski definition) is 4. The van der Waals surface area contributed by atoms with Crippen molar-refractivity contribution in [3.05, 3.63) is 35.9 Å². The molecule has 5 N–H and O–H groups in total. The van der Waals surface area contributed by atoms with Crippen molar-refractivity contribution in [3.63, 3.8) is 0 Å². The van der Waals surface area contributed by atoms with Crippen molar-refractivity contribution in [3.8, 4) is 0 Å². The van der Waals surface area contributed by atoms with Crippen LogP contribution in [0.25, 0.3) is 0 Å². The molecule has 0 amide bonds. The van der Waals surface area contributed by atoms with Crippen molar-refractivity contribution < 1.29 is 29.6 Å². The molecule has 0 aliphatic heterocycles. The summed E-state index contributed by atoms with van der Waals surface area (Å²) in [7, 11) is 0. The molecule has 1 aromatic carbocycles. The lowest BCUT2D eigenvalue weighted by Gasteiger charge is -2.32. The number of ether oxygens (including phenoxy) is 1. The molecule has 6 atom stereocenters. The number of rotatable bonds is 5. The Hall–Kier alpha value is -1.96. The number of fused-ring (bicyclic) bond motifs is 1. The minimum Gasteiger partial charge on any atom is -0.481 e. The molecule has 0 unspecified atom stereocenters. The number of carboxylic acid groups (broad SMARTS) is 2. The molecule has 0 spiro atoms. The van der Waals surface area contributed by atoms with Gasteiger partial charge in [0, 0.05) is 11.8 Å². The first-order valence-corrected chi connectivity index (χ1v) is 6.97. The first kappa shape index (κ1) is 15.0. The number of hydrogen-bond acceptors (Lipinski definition) is 5. The molecule has 3 rings (SSSR count). The van der Waals surface area contributed by atoms with E-state index in [-0.39, 0.29) is 6.61 Å². The maximum Gasteiger partial charge on any atom is 0.326 e. The van der Waals surface area contributed by atoms with E-state index in [0.29, 0.717) is 0 Å². The Morgan fingerprint density at radius 3 is 2.41 bits per heavy atom. The monoisotopic (exact) mass is 307 g/mol. The third-order valence-electron chi connectivity index (χ3n) is 4.73. The molecule has 0 radical (unpaired) electrons. The zero-order valence-corrected chi connectivity index (χ0v) is 11.6. The van der Waals surface area contributed by atoms with Crippen molar-refractivity contribution in [1.29, 1.82) is 0 Å². The van der Waals surface area contributed by atoms with Gasteiger partial charge in [0.05, 0.1) is 18.6 Å². The number of aliphatic hydroxyl groups is 1. The van der Waals surface area contributed by atoms with Crippen LogP contribution in [0.3, 0.4) is 0 Å². The molecule has 118 valence electrons. The highest BCUT2D eigenvalue weighted by molar-refractivity contribution is 5.86. The molecule has 0 aromatic heterocycles. The maximum absolute atomic E-state index is 11.6. The summed E-state index contributed by atoms with van der Waals surface area (Å²) in [5.41, 5.74) is 4.90. The summed E-state index contributed by atoms with van der Waals surface area (Å²) in [5, 5.41) is 28.8. The van der Waals surface area contributed by atoms with Crippen LogP contribution >= 0.6 is 0 Å². The van der Waals surface area contributed by atoms with Gasteiger partial charge >= 0.3 is 11.9 Å². The Balaban J connectivity index is 1.79. The molecule has 7 nitrogen and oxygen atoms in total. The number of carboxylic acids is 2. The molecule has 2 aliphatic rings. The van der Waals surface area contributed by atoms with Gasteiger partial charge in [0.1, 0.15) is 11.6 Å². The minimum atomic E-state index is -1.89. The molecular weight excluding hydrogens is 290 g/mol. The summed E-state index contributed by atoms with van der Waals surface area (Å²) in [6.07, 6.45) is -2.33. The van der Waals surface area contributed by atoms with Gasteiger partial charge in [-0.25, -0.2) is 0 Å². The largest absolute Gasteiger partial charge is 0.481 e. The van der Waals surface area contributed by atoms with E-state index < -0.39 is 47.4 Å². The number of nitrogens with two attached hydrogens (primary N) is 1. The normalized spacial score (nSPS) is 39.3. The molecule has 0 heterocycles. The quantitative estimate of drug-likeness (QED) is 0.586. The summed E-state index contributed by atoms with van der Waals surface area (Å²) < 4.78 is 5.56. The third-order valence-corrected chi connectivity index (χ3v) is 4.73. The Kier molecular flexibility index (Phi) is 3.43. The van der Waals surface area contributed by atoms with E-state index in [1.54, 1.807) is 12.1 Å².